The Labute approximate surface area is 144 Å². The molecule has 0 N–H and O–H groups in total. The number of ether oxygens (including phenoxy) is 2. The average Bonchev–Trinajstić information content (AvgIpc) is 2.95. The van der Waals surface area contributed by atoms with Crippen LogP contribution in [-0.2, 0) is 19.1 Å². The maximum atomic E-state index is 12.7. The quantitative estimate of drug-likeness (QED) is 0.530. The van der Waals surface area contributed by atoms with Gasteiger partial charge in [-0.2, -0.15) is 0 Å². The Morgan fingerprint density at radius 1 is 1.17 bits per heavy atom. The van der Waals surface area contributed by atoms with Gasteiger partial charge in [-0.1, -0.05) is 33.8 Å². The minimum Gasteiger partial charge on any atom is -0.378 e. The van der Waals surface area contributed by atoms with Gasteiger partial charge in [0.25, 0.3) is 0 Å². The monoisotopic (exact) mass is 335 g/mol. The fourth-order valence-corrected chi connectivity index (χ4v) is 2.94. The molecule has 1 unspecified atom stereocenters. The summed E-state index contributed by atoms with van der Waals surface area (Å²) in [5.41, 5.74) is 0.608. The molecule has 1 amide bonds. The van der Waals surface area contributed by atoms with Crippen LogP contribution in [0.25, 0.3) is 0 Å². The lowest BCUT2D eigenvalue weighted by Gasteiger charge is -2.33. The van der Waals surface area contributed by atoms with Gasteiger partial charge in [0.15, 0.2) is 12.0 Å². The topological polar surface area (TPSA) is 55.8 Å². The highest BCUT2D eigenvalue weighted by atomic mass is 16.5. The highest BCUT2D eigenvalue weighted by Gasteiger charge is 2.39. The lowest BCUT2D eigenvalue weighted by atomic mass is 9.87. The molecule has 24 heavy (non-hydrogen) atoms. The van der Waals surface area contributed by atoms with Gasteiger partial charge in [0.2, 0.25) is 5.91 Å². The fraction of sp³-hybridized carbons (Fsp3) is 0.684. The zero-order valence-electron chi connectivity index (χ0n) is 15.3. The summed E-state index contributed by atoms with van der Waals surface area (Å²) in [7, 11) is 0. The molecular formula is C19H29NO4. The van der Waals surface area contributed by atoms with E-state index in [0.717, 1.165) is 0 Å². The SMILES string of the molecule is CC1=CN([C@H]2C=C[C@@H](COCC(C)C)O2)C(=O)C(CC(C)C)C1=O. The van der Waals surface area contributed by atoms with E-state index in [4.69, 9.17) is 9.47 Å². The smallest absolute Gasteiger partial charge is 0.239 e. The van der Waals surface area contributed by atoms with Gasteiger partial charge < -0.3 is 9.47 Å². The first-order valence-corrected chi connectivity index (χ1v) is 8.76. The van der Waals surface area contributed by atoms with Gasteiger partial charge in [0, 0.05) is 18.4 Å². The van der Waals surface area contributed by atoms with Gasteiger partial charge in [-0.3, -0.25) is 14.5 Å². The standard InChI is InChI=1S/C19H29NO4/c1-12(2)8-16-18(21)14(5)9-20(19(16)22)17-7-6-15(24-17)11-23-10-13(3)4/h6-7,9,12-13,15-17H,8,10-11H2,1-5H3/t15-,16?,17+/m0/s1. The molecule has 5 heteroatoms. The number of hydrogen-bond donors (Lipinski definition) is 0. The normalized spacial score (nSPS) is 27.5. The van der Waals surface area contributed by atoms with Gasteiger partial charge in [0.1, 0.15) is 12.0 Å². The zero-order valence-corrected chi connectivity index (χ0v) is 15.3. The number of carbonyl (C=O) groups excluding carboxylic acids is 2. The molecule has 3 atom stereocenters. The van der Waals surface area contributed by atoms with E-state index in [2.05, 4.69) is 13.8 Å². The minimum absolute atomic E-state index is 0.0660. The number of rotatable bonds is 7. The number of carbonyl (C=O) groups is 2. The molecule has 0 spiro atoms. The first-order chi connectivity index (χ1) is 11.3. The van der Waals surface area contributed by atoms with Crippen LogP contribution in [0.15, 0.2) is 23.9 Å². The van der Waals surface area contributed by atoms with Crippen LogP contribution < -0.4 is 0 Å². The fourth-order valence-electron chi connectivity index (χ4n) is 2.94. The van der Waals surface area contributed by atoms with Crippen LogP contribution in [0.2, 0.25) is 0 Å². The van der Waals surface area contributed by atoms with Crippen LogP contribution in [0, 0.1) is 17.8 Å². The van der Waals surface area contributed by atoms with Crippen molar-refractivity contribution in [3.05, 3.63) is 23.9 Å². The molecule has 2 aliphatic heterocycles. The van der Waals surface area contributed by atoms with Gasteiger partial charge in [-0.15, -0.1) is 0 Å². The summed E-state index contributed by atoms with van der Waals surface area (Å²) < 4.78 is 11.5. The Morgan fingerprint density at radius 3 is 2.50 bits per heavy atom. The molecule has 0 aliphatic carbocycles. The lowest BCUT2D eigenvalue weighted by Crippen LogP contribution is -2.46. The largest absolute Gasteiger partial charge is 0.378 e. The molecule has 0 aromatic heterocycles. The van der Waals surface area contributed by atoms with E-state index < -0.39 is 12.1 Å². The summed E-state index contributed by atoms with van der Waals surface area (Å²) >= 11 is 0. The van der Waals surface area contributed by atoms with Crippen molar-refractivity contribution < 1.29 is 19.1 Å². The number of Topliss-reactive ketones (excluding diaryl/α,β-unsaturated/α-hetero) is 1. The van der Waals surface area contributed by atoms with E-state index in [-0.39, 0.29) is 23.7 Å². The van der Waals surface area contributed by atoms with E-state index in [9.17, 15) is 9.59 Å². The third-order valence-corrected chi connectivity index (χ3v) is 4.11. The number of ketones is 1. The van der Waals surface area contributed by atoms with Crippen LogP contribution in [0.5, 0.6) is 0 Å². The highest BCUT2D eigenvalue weighted by Crippen LogP contribution is 2.28. The second kappa shape index (κ2) is 8.08. The van der Waals surface area contributed by atoms with Gasteiger partial charge >= 0.3 is 0 Å². The predicted molar refractivity (Wildman–Crippen MR) is 92.0 cm³/mol. The molecule has 134 valence electrons. The summed E-state index contributed by atoms with van der Waals surface area (Å²) in [6.45, 7) is 11.2. The van der Waals surface area contributed by atoms with E-state index in [1.165, 1.54) is 0 Å². The highest BCUT2D eigenvalue weighted by molar-refractivity contribution is 6.12. The summed E-state index contributed by atoms with van der Waals surface area (Å²) in [6.07, 6.45) is 5.37. The molecular weight excluding hydrogens is 306 g/mol. The molecule has 2 aliphatic rings. The first kappa shape index (κ1) is 18.9. The predicted octanol–water partition coefficient (Wildman–Crippen LogP) is 2.92. The van der Waals surface area contributed by atoms with Crippen LogP contribution in [-0.4, -0.2) is 42.1 Å². The van der Waals surface area contributed by atoms with Crippen molar-refractivity contribution in [1.29, 1.82) is 0 Å². The third kappa shape index (κ3) is 4.54. The van der Waals surface area contributed by atoms with Gasteiger partial charge in [-0.05, 0) is 31.3 Å². The molecule has 2 heterocycles. The minimum atomic E-state index is -0.594. The van der Waals surface area contributed by atoms with Crippen molar-refractivity contribution in [2.75, 3.05) is 13.2 Å². The maximum absolute atomic E-state index is 12.7. The summed E-state index contributed by atoms with van der Waals surface area (Å²) in [5.74, 6) is -0.0687. The third-order valence-electron chi connectivity index (χ3n) is 4.11. The lowest BCUT2D eigenvalue weighted by molar-refractivity contribution is -0.149. The van der Waals surface area contributed by atoms with Crippen LogP contribution in [0.4, 0.5) is 0 Å². The maximum Gasteiger partial charge on any atom is 0.239 e. The Hall–Kier alpha value is -1.46. The summed E-state index contributed by atoms with van der Waals surface area (Å²) in [5, 5.41) is 0. The van der Waals surface area contributed by atoms with Crippen LogP contribution in [0.1, 0.15) is 41.0 Å². The van der Waals surface area contributed by atoms with Crippen molar-refractivity contribution in [3.8, 4) is 0 Å². The first-order valence-electron chi connectivity index (χ1n) is 8.76. The van der Waals surface area contributed by atoms with Crippen LogP contribution >= 0.6 is 0 Å². The van der Waals surface area contributed by atoms with Crippen molar-refractivity contribution in [2.24, 2.45) is 17.8 Å². The average molecular weight is 335 g/mol. The van der Waals surface area contributed by atoms with E-state index in [1.54, 1.807) is 18.0 Å². The molecule has 0 bridgehead atoms. The van der Waals surface area contributed by atoms with E-state index >= 15 is 0 Å². The second-order valence-electron chi connectivity index (χ2n) is 7.49. The van der Waals surface area contributed by atoms with E-state index in [0.29, 0.717) is 31.1 Å². The summed E-state index contributed by atoms with van der Waals surface area (Å²) in [4.78, 5) is 26.6. The number of amides is 1. The number of allylic oxidation sites excluding steroid dienone is 1. The van der Waals surface area contributed by atoms with Crippen molar-refractivity contribution >= 4 is 11.7 Å². The molecule has 0 fully saturated rings. The Bertz CT molecular complexity index is 535. The van der Waals surface area contributed by atoms with E-state index in [1.807, 2.05) is 26.0 Å². The van der Waals surface area contributed by atoms with Crippen molar-refractivity contribution in [1.82, 2.24) is 4.90 Å². The molecule has 0 radical (unpaired) electrons. The molecule has 2 rings (SSSR count). The molecule has 0 aromatic rings. The van der Waals surface area contributed by atoms with Gasteiger partial charge in [-0.25, -0.2) is 0 Å². The number of hydrogen-bond acceptors (Lipinski definition) is 4. The molecule has 0 saturated carbocycles. The molecule has 0 saturated heterocycles. The molecule has 5 nitrogen and oxygen atoms in total. The van der Waals surface area contributed by atoms with Crippen molar-refractivity contribution in [2.45, 2.75) is 53.4 Å². The Kier molecular flexibility index (Phi) is 6.35. The zero-order chi connectivity index (χ0) is 17.9. The van der Waals surface area contributed by atoms with Gasteiger partial charge in [0.05, 0.1) is 6.61 Å². The summed E-state index contributed by atoms with van der Waals surface area (Å²) in [6, 6.07) is 0. The molecule has 0 aromatic carbocycles. The van der Waals surface area contributed by atoms with Crippen molar-refractivity contribution in [3.63, 3.8) is 0 Å². The Morgan fingerprint density at radius 2 is 1.88 bits per heavy atom. The Balaban J connectivity index is 2.00. The number of nitrogens with zero attached hydrogens (tertiary/aromatic N) is 1. The second-order valence-corrected chi connectivity index (χ2v) is 7.49. The van der Waals surface area contributed by atoms with Crippen LogP contribution in [0.3, 0.4) is 0 Å².